The molecular formula is C27H28N2O4S. The van der Waals surface area contributed by atoms with Crippen LogP contribution in [0.3, 0.4) is 0 Å². The number of nitrogens with zero attached hydrogens (tertiary/aromatic N) is 1. The second-order valence-corrected chi connectivity index (χ2v) is 10.6. The van der Waals surface area contributed by atoms with Gasteiger partial charge < -0.3 is 4.90 Å². The Hall–Kier alpha value is -3.45. The Morgan fingerprint density at radius 1 is 0.941 bits per heavy atom. The van der Waals surface area contributed by atoms with Gasteiger partial charge >= 0.3 is 0 Å². The smallest absolute Gasteiger partial charge is 0.264 e. The van der Waals surface area contributed by atoms with Crippen LogP contribution in [0.1, 0.15) is 42.4 Å². The van der Waals surface area contributed by atoms with E-state index in [0.29, 0.717) is 13.0 Å². The van der Waals surface area contributed by atoms with Crippen molar-refractivity contribution in [3.05, 3.63) is 102 Å². The van der Waals surface area contributed by atoms with Gasteiger partial charge in [0.2, 0.25) is 5.91 Å². The Morgan fingerprint density at radius 2 is 1.53 bits per heavy atom. The van der Waals surface area contributed by atoms with Crippen molar-refractivity contribution in [3.63, 3.8) is 0 Å². The molecule has 7 heteroatoms. The van der Waals surface area contributed by atoms with Gasteiger partial charge in [-0.2, -0.15) is 0 Å². The minimum atomic E-state index is -4.04. The molecule has 1 heterocycles. The molecule has 1 aliphatic rings. The minimum Gasteiger partial charge on any atom is -0.328 e. The SMILES string of the molecule is Cc1cccc(S(=O)(=O)NC(=O)C2(C)CCN2C(=O)CC(c2ccccc2)c2ccccc2)c1. The lowest BCUT2D eigenvalue weighted by Crippen LogP contribution is -2.67. The number of carbonyl (C=O) groups is 2. The van der Waals surface area contributed by atoms with Gasteiger partial charge in [0.25, 0.3) is 15.9 Å². The lowest BCUT2D eigenvalue weighted by atomic mass is 9.83. The maximum absolute atomic E-state index is 13.4. The lowest BCUT2D eigenvalue weighted by molar-refractivity contribution is -0.156. The van der Waals surface area contributed by atoms with Crippen molar-refractivity contribution in [3.8, 4) is 0 Å². The first kappa shape index (κ1) is 23.7. The topological polar surface area (TPSA) is 83.6 Å². The molecule has 6 nitrogen and oxygen atoms in total. The summed E-state index contributed by atoms with van der Waals surface area (Å²) in [7, 11) is -4.04. The van der Waals surface area contributed by atoms with Crippen molar-refractivity contribution in [2.24, 2.45) is 0 Å². The van der Waals surface area contributed by atoms with E-state index in [1.54, 1.807) is 26.0 Å². The van der Waals surface area contributed by atoms with Crippen LogP contribution in [0, 0.1) is 6.92 Å². The summed E-state index contributed by atoms with van der Waals surface area (Å²) in [6.45, 7) is 3.81. The molecule has 1 aliphatic heterocycles. The zero-order valence-corrected chi connectivity index (χ0v) is 20.1. The molecule has 0 bridgehead atoms. The van der Waals surface area contributed by atoms with Crippen LogP contribution in [0.2, 0.25) is 0 Å². The van der Waals surface area contributed by atoms with Gasteiger partial charge in [-0.3, -0.25) is 9.59 Å². The zero-order valence-electron chi connectivity index (χ0n) is 19.3. The fourth-order valence-corrected chi connectivity index (χ4v) is 5.53. The highest BCUT2D eigenvalue weighted by atomic mass is 32.2. The number of rotatable bonds is 7. The van der Waals surface area contributed by atoms with Gasteiger partial charge in [-0.25, -0.2) is 13.1 Å². The normalized spacial score (nSPS) is 17.8. The number of carbonyl (C=O) groups excluding carboxylic acids is 2. The summed E-state index contributed by atoms with van der Waals surface area (Å²) in [5.41, 5.74) is 1.58. The molecule has 34 heavy (non-hydrogen) atoms. The van der Waals surface area contributed by atoms with Crippen LogP contribution in [-0.4, -0.2) is 37.2 Å². The fourth-order valence-electron chi connectivity index (χ4n) is 4.35. The second-order valence-electron chi connectivity index (χ2n) is 8.90. The predicted octanol–water partition coefficient (Wildman–Crippen LogP) is 4.01. The number of hydrogen-bond donors (Lipinski definition) is 1. The van der Waals surface area contributed by atoms with Crippen LogP contribution in [-0.2, 0) is 19.6 Å². The largest absolute Gasteiger partial charge is 0.328 e. The number of aryl methyl sites for hydroxylation is 1. The van der Waals surface area contributed by atoms with Crippen LogP contribution >= 0.6 is 0 Å². The molecule has 0 radical (unpaired) electrons. The van der Waals surface area contributed by atoms with Crippen molar-refractivity contribution < 1.29 is 18.0 Å². The number of benzene rings is 3. The third-order valence-corrected chi connectivity index (χ3v) is 7.85. The molecule has 1 unspecified atom stereocenters. The molecule has 3 aromatic rings. The van der Waals surface area contributed by atoms with Crippen LogP contribution < -0.4 is 4.72 Å². The van der Waals surface area contributed by atoms with E-state index in [-0.39, 0.29) is 23.1 Å². The van der Waals surface area contributed by atoms with Gasteiger partial charge in [0.15, 0.2) is 0 Å². The van der Waals surface area contributed by atoms with E-state index in [9.17, 15) is 18.0 Å². The van der Waals surface area contributed by atoms with Crippen molar-refractivity contribution >= 4 is 21.8 Å². The van der Waals surface area contributed by atoms with E-state index >= 15 is 0 Å². The van der Waals surface area contributed by atoms with Gasteiger partial charge in [0, 0.05) is 18.9 Å². The maximum Gasteiger partial charge on any atom is 0.264 e. The number of likely N-dealkylation sites (tertiary alicyclic amines) is 1. The van der Waals surface area contributed by atoms with Gasteiger partial charge in [0.1, 0.15) is 5.54 Å². The molecule has 1 atom stereocenters. The third-order valence-electron chi connectivity index (χ3n) is 6.52. The quantitative estimate of drug-likeness (QED) is 0.558. The van der Waals surface area contributed by atoms with E-state index in [1.165, 1.54) is 17.0 Å². The summed E-state index contributed by atoms with van der Waals surface area (Å²) in [6, 6.07) is 25.9. The summed E-state index contributed by atoms with van der Waals surface area (Å²) in [4.78, 5) is 28.0. The summed E-state index contributed by atoms with van der Waals surface area (Å²) in [5.74, 6) is -1.04. The van der Waals surface area contributed by atoms with Gasteiger partial charge in [0.05, 0.1) is 4.90 Å². The highest BCUT2D eigenvalue weighted by Gasteiger charge is 2.50. The number of nitrogens with one attached hydrogen (secondary N) is 1. The van der Waals surface area contributed by atoms with Crippen molar-refractivity contribution in [1.29, 1.82) is 0 Å². The van der Waals surface area contributed by atoms with E-state index in [0.717, 1.165) is 16.7 Å². The van der Waals surface area contributed by atoms with Crippen LogP contribution in [0.25, 0.3) is 0 Å². The summed E-state index contributed by atoms with van der Waals surface area (Å²) in [5, 5.41) is 0. The molecule has 1 N–H and O–H groups in total. The van der Waals surface area contributed by atoms with Crippen LogP contribution in [0.4, 0.5) is 0 Å². The van der Waals surface area contributed by atoms with Crippen LogP contribution in [0.15, 0.2) is 89.8 Å². The molecule has 4 rings (SSSR count). The Bertz CT molecular complexity index is 1250. The first-order chi connectivity index (χ1) is 16.2. The maximum atomic E-state index is 13.4. The molecule has 1 saturated heterocycles. The number of sulfonamides is 1. The standard InChI is InChI=1S/C27H28N2O4S/c1-20-10-9-15-23(18-20)34(32,33)28-26(31)27(2)16-17-29(27)25(30)19-24(21-11-5-3-6-12-21)22-13-7-4-8-14-22/h3-15,18,24H,16-17,19H2,1-2H3,(H,28,31). The van der Waals surface area contributed by atoms with Crippen molar-refractivity contribution in [1.82, 2.24) is 9.62 Å². The Balaban J connectivity index is 1.53. The van der Waals surface area contributed by atoms with E-state index in [4.69, 9.17) is 0 Å². The van der Waals surface area contributed by atoms with Gasteiger partial charge in [-0.15, -0.1) is 0 Å². The molecule has 3 aromatic carbocycles. The minimum absolute atomic E-state index is 0.0230. The highest BCUT2D eigenvalue weighted by molar-refractivity contribution is 7.90. The lowest BCUT2D eigenvalue weighted by Gasteiger charge is -2.49. The first-order valence-electron chi connectivity index (χ1n) is 11.2. The molecule has 0 aromatic heterocycles. The average Bonchev–Trinajstić information content (AvgIpc) is 2.82. The average molecular weight is 477 g/mol. The summed E-state index contributed by atoms with van der Waals surface area (Å²) < 4.78 is 27.7. The Kier molecular flexibility index (Phi) is 6.57. The van der Waals surface area contributed by atoms with Crippen LogP contribution in [0.5, 0.6) is 0 Å². The first-order valence-corrected chi connectivity index (χ1v) is 12.7. The van der Waals surface area contributed by atoms with Gasteiger partial charge in [-0.1, -0.05) is 72.8 Å². The monoisotopic (exact) mass is 476 g/mol. The second kappa shape index (κ2) is 9.43. The predicted molar refractivity (Wildman–Crippen MR) is 131 cm³/mol. The zero-order chi connectivity index (χ0) is 24.3. The summed E-state index contributed by atoms with van der Waals surface area (Å²) in [6.07, 6.45) is 0.580. The third kappa shape index (κ3) is 4.75. The molecule has 0 spiro atoms. The highest BCUT2D eigenvalue weighted by Crippen LogP contribution is 2.35. The Labute approximate surface area is 200 Å². The fraction of sp³-hybridized carbons (Fsp3) is 0.259. The van der Waals surface area contributed by atoms with Crippen molar-refractivity contribution in [2.45, 2.75) is 43.0 Å². The molecule has 0 aliphatic carbocycles. The van der Waals surface area contributed by atoms with Gasteiger partial charge in [-0.05, 0) is 49.1 Å². The van der Waals surface area contributed by atoms with Crippen molar-refractivity contribution in [2.75, 3.05) is 6.54 Å². The van der Waals surface area contributed by atoms with E-state index < -0.39 is 21.5 Å². The molecule has 0 saturated carbocycles. The molecule has 1 fully saturated rings. The van der Waals surface area contributed by atoms with E-state index in [1.807, 2.05) is 60.7 Å². The van der Waals surface area contributed by atoms with E-state index in [2.05, 4.69) is 4.72 Å². The molecule has 2 amide bonds. The Morgan fingerprint density at radius 3 is 2.03 bits per heavy atom. The molecular weight excluding hydrogens is 448 g/mol. The summed E-state index contributed by atoms with van der Waals surface area (Å²) >= 11 is 0. The molecule has 176 valence electrons. The number of amides is 2. The number of hydrogen-bond acceptors (Lipinski definition) is 4.